The van der Waals surface area contributed by atoms with E-state index in [9.17, 15) is 13.6 Å². The van der Waals surface area contributed by atoms with Crippen molar-refractivity contribution in [3.63, 3.8) is 0 Å². The van der Waals surface area contributed by atoms with Crippen LogP contribution in [0.5, 0.6) is 0 Å². The number of benzene rings is 1. The van der Waals surface area contributed by atoms with Crippen LogP contribution in [-0.2, 0) is 4.79 Å². The Bertz CT molecular complexity index is 762. The third-order valence-corrected chi connectivity index (χ3v) is 4.48. The fraction of sp³-hybridized carbons (Fsp3) is 0.368. The first-order chi connectivity index (χ1) is 12.0. The van der Waals surface area contributed by atoms with Crippen molar-refractivity contribution < 1.29 is 13.6 Å². The molecule has 2 heterocycles. The summed E-state index contributed by atoms with van der Waals surface area (Å²) in [5, 5.41) is 3.35. The predicted octanol–water partition coefficient (Wildman–Crippen LogP) is 4.63. The Balaban J connectivity index is 1.72. The van der Waals surface area contributed by atoms with E-state index in [-0.39, 0.29) is 17.6 Å². The zero-order valence-electron chi connectivity index (χ0n) is 14.3. The minimum Gasteiger partial charge on any atom is -0.378 e. The molecule has 1 aromatic heterocycles. The van der Waals surface area contributed by atoms with Gasteiger partial charge >= 0.3 is 0 Å². The highest BCUT2D eigenvalue weighted by Crippen LogP contribution is 2.29. The number of aromatic nitrogens is 1. The minimum atomic E-state index is -2.55. The molecule has 0 radical (unpaired) electrons. The lowest BCUT2D eigenvalue weighted by atomic mass is 10.1. The summed E-state index contributed by atoms with van der Waals surface area (Å²) in [7, 11) is 0. The van der Waals surface area contributed by atoms with Gasteiger partial charge in [-0.3, -0.25) is 9.78 Å². The van der Waals surface area contributed by atoms with Gasteiger partial charge < -0.3 is 10.2 Å². The Morgan fingerprint density at radius 3 is 2.60 bits per heavy atom. The zero-order valence-corrected chi connectivity index (χ0v) is 14.3. The van der Waals surface area contributed by atoms with E-state index in [2.05, 4.69) is 10.3 Å². The normalized spacial score (nSPS) is 15.7. The maximum Gasteiger partial charge on any atom is 0.280 e. The van der Waals surface area contributed by atoms with Gasteiger partial charge in [0.25, 0.3) is 6.43 Å². The summed E-state index contributed by atoms with van der Waals surface area (Å²) in [5.41, 5.74) is 3.51. The molecule has 0 aliphatic carbocycles. The van der Waals surface area contributed by atoms with Crippen molar-refractivity contribution in [2.24, 2.45) is 0 Å². The Labute approximate surface area is 145 Å². The third-order valence-electron chi connectivity index (χ3n) is 4.48. The first-order valence-electron chi connectivity index (χ1n) is 8.37. The number of pyridine rings is 1. The molecule has 1 atom stereocenters. The van der Waals surface area contributed by atoms with Crippen molar-refractivity contribution in [1.82, 2.24) is 4.98 Å². The van der Waals surface area contributed by atoms with Gasteiger partial charge in [0.1, 0.15) is 5.69 Å². The fourth-order valence-electron chi connectivity index (χ4n) is 3.09. The number of nitrogens with zero attached hydrogens (tertiary/aromatic N) is 2. The number of anilines is 2. The summed E-state index contributed by atoms with van der Waals surface area (Å²) >= 11 is 0. The van der Waals surface area contributed by atoms with Crippen LogP contribution in [0.1, 0.15) is 49.1 Å². The van der Waals surface area contributed by atoms with Gasteiger partial charge in [-0.05, 0) is 55.7 Å². The Morgan fingerprint density at radius 2 is 2.04 bits per heavy atom. The maximum atomic E-state index is 12.6. The molecule has 3 rings (SSSR count). The van der Waals surface area contributed by atoms with Crippen LogP contribution in [0.15, 0.2) is 36.5 Å². The van der Waals surface area contributed by atoms with Gasteiger partial charge in [0.2, 0.25) is 5.91 Å². The number of aryl methyl sites for hydroxylation is 1. The molecule has 0 saturated carbocycles. The maximum absolute atomic E-state index is 12.6. The van der Waals surface area contributed by atoms with Crippen LogP contribution in [0.4, 0.5) is 20.2 Å². The average molecular weight is 345 g/mol. The van der Waals surface area contributed by atoms with Crippen LogP contribution < -0.4 is 10.2 Å². The quantitative estimate of drug-likeness (QED) is 0.859. The number of hydrogen-bond donors (Lipinski definition) is 1. The van der Waals surface area contributed by atoms with Crippen LogP contribution in [0.25, 0.3) is 0 Å². The number of amides is 1. The van der Waals surface area contributed by atoms with Crippen LogP contribution in [0.3, 0.4) is 0 Å². The van der Waals surface area contributed by atoms with Gasteiger partial charge in [0.15, 0.2) is 0 Å². The lowest BCUT2D eigenvalue weighted by Crippen LogP contribution is -2.24. The second-order valence-corrected chi connectivity index (χ2v) is 6.33. The smallest absolute Gasteiger partial charge is 0.280 e. The highest BCUT2D eigenvalue weighted by molar-refractivity contribution is 5.96. The lowest BCUT2D eigenvalue weighted by Gasteiger charge is -2.21. The Hall–Kier alpha value is -2.50. The topological polar surface area (TPSA) is 45.2 Å². The molecular weight excluding hydrogens is 324 g/mol. The van der Waals surface area contributed by atoms with Gasteiger partial charge in [-0.15, -0.1) is 0 Å². The van der Waals surface area contributed by atoms with Gasteiger partial charge in [0.05, 0.1) is 6.04 Å². The summed E-state index contributed by atoms with van der Waals surface area (Å²) in [5.74, 6) is 0.169. The molecule has 1 aliphatic rings. The molecule has 132 valence electrons. The molecule has 1 amide bonds. The molecule has 1 unspecified atom stereocenters. The number of carbonyl (C=O) groups is 1. The third kappa shape index (κ3) is 3.78. The zero-order chi connectivity index (χ0) is 18.0. The summed E-state index contributed by atoms with van der Waals surface area (Å²) < 4.78 is 25.2. The van der Waals surface area contributed by atoms with Crippen LogP contribution in [-0.4, -0.2) is 17.4 Å². The number of nitrogens with one attached hydrogen (secondary N) is 1. The van der Waals surface area contributed by atoms with E-state index in [1.54, 1.807) is 6.07 Å². The number of alkyl halides is 2. The SMILES string of the molecule is Cc1cc(NC(C)c2ccc(C(F)F)nc2)ccc1N1CCCC1=O. The molecule has 6 heteroatoms. The first-order valence-corrected chi connectivity index (χ1v) is 8.37. The molecule has 25 heavy (non-hydrogen) atoms. The molecule has 0 bridgehead atoms. The van der Waals surface area contributed by atoms with Crippen molar-refractivity contribution in [2.45, 2.75) is 39.2 Å². The molecule has 1 N–H and O–H groups in total. The van der Waals surface area contributed by atoms with E-state index in [4.69, 9.17) is 0 Å². The highest BCUT2D eigenvalue weighted by Gasteiger charge is 2.23. The second kappa shape index (κ2) is 7.17. The molecule has 0 spiro atoms. The summed E-state index contributed by atoms with van der Waals surface area (Å²) in [6, 6.07) is 8.83. The van der Waals surface area contributed by atoms with Crippen molar-refractivity contribution in [2.75, 3.05) is 16.8 Å². The molecule has 1 saturated heterocycles. The van der Waals surface area contributed by atoms with Gasteiger partial charge in [-0.2, -0.15) is 0 Å². The summed E-state index contributed by atoms with van der Waals surface area (Å²) in [4.78, 5) is 17.5. The van der Waals surface area contributed by atoms with Crippen molar-refractivity contribution in [3.05, 3.63) is 53.3 Å². The first kappa shape index (κ1) is 17.3. The van der Waals surface area contributed by atoms with Crippen LogP contribution in [0.2, 0.25) is 0 Å². The molecule has 1 fully saturated rings. The summed E-state index contributed by atoms with van der Waals surface area (Å²) in [6.45, 7) is 4.70. The molecule has 1 aromatic carbocycles. The summed E-state index contributed by atoms with van der Waals surface area (Å²) in [6.07, 6.45) is 0.430. The monoisotopic (exact) mass is 345 g/mol. The second-order valence-electron chi connectivity index (χ2n) is 6.33. The van der Waals surface area contributed by atoms with E-state index in [0.29, 0.717) is 6.42 Å². The standard InChI is InChI=1S/C19H21F2N3O/c1-12-10-15(6-8-17(12)24-9-3-4-18(24)25)23-13(2)14-5-7-16(19(20)21)22-11-14/h5-8,10-11,13,19,23H,3-4,9H2,1-2H3. The molecule has 4 nitrogen and oxygen atoms in total. The van der Waals surface area contributed by atoms with Gasteiger partial charge in [-0.25, -0.2) is 8.78 Å². The highest BCUT2D eigenvalue weighted by atomic mass is 19.3. The lowest BCUT2D eigenvalue weighted by molar-refractivity contribution is -0.117. The van der Waals surface area contributed by atoms with E-state index in [1.165, 1.54) is 12.3 Å². The predicted molar refractivity (Wildman–Crippen MR) is 94.0 cm³/mol. The van der Waals surface area contributed by atoms with E-state index in [1.807, 2.05) is 36.9 Å². The fourth-order valence-corrected chi connectivity index (χ4v) is 3.09. The van der Waals surface area contributed by atoms with E-state index < -0.39 is 6.43 Å². The van der Waals surface area contributed by atoms with Crippen molar-refractivity contribution in [3.8, 4) is 0 Å². The Kier molecular flexibility index (Phi) is 4.97. The average Bonchev–Trinajstić information content (AvgIpc) is 3.01. The number of rotatable bonds is 5. The Morgan fingerprint density at radius 1 is 1.24 bits per heavy atom. The molecular formula is C19H21F2N3O. The number of hydrogen-bond acceptors (Lipinski definition) is 3. The largest absolute Gasteiger partial charge is 0.378 e. The minimum absolute atomic E-state index is 0.0714. The van der Waals surface area contributed by atoms with Gasteiger partial charge in [0, 0.05) is 30.5 Å². The van der Waals surface area contributed by atoms with Gasteiger partial charge in [-0.1, -0.05) is 6.07 Å². The number of halogens is 2. The number of carbonyl (C=O) groups excluding carboxylic acids is 1. The molecule has 1 aliphatic heterocycles. The van der Waals surface area contributed by atoms with Crippen LogP contribution in [0, 0.1) is 6.92 Å². The van der Waals surface area contributed by atoms with Crippen LogP contribution >= 0.6 is 0 Å². The van der Waals surface area contributed by atoms with Crippen molar-refractivity contribution in [1.29, 1.82) is 0 Å². The molecule has 2 aromatic rings. The van der Waals surface area contributed by atoms with Crippen molar-refractivity contribution >= 4 is 17.3 Å². The van der Waals surface area contributed by atoms with E-state index in [0.717, 1.165) is 35.5 Å². The van der Waals surface area contributed by atoms with E-state index >= 15 is 0 Å².